The molecule has 1 amide bonds. The van der Waals surface area contributed by atoms with Crippen LogP contribution in [0.2, 0.25) is 0 Å². The zero-order valence-electron chi connectivity index (χ0n) is 12.0. The molecular formula is C13H27N3O2. The highest BCUT2D eigenvalue weighted by atomic mass is 16.5. The van der Waals surface area contributed by atoms with Crippen molar-refractivity contribution in [1.29, 1.82) is 0 Å². The van der Waals surface area contributed by atoms with Crippen molar-refractivity contribution in [2.24, 2.45) is 5.73 Å². The molecule has 5 nitrogen and oxygen atoms in total. The van der Waals surface area contributed by atoms with Crippen LogP contribution in [0, 0.1) is 0 Å². The van der Waals surface area contributed by atoms with Crippen LogP contribution in [0.15, 0.2) is 0 Å². The molecule has 0 saturated carbocycles. The van der Waals surface area contributed by atoms with Crippen LogP contribution in [-0.4, -0.2) is 54.7 Å². The van der Waals surface area contributed by atoms with E-state index < -0.39 is 0 Å². The van der Waals surface area contributed by atoms with Gasteiger partial charge in [0.1, 0.15) is 0 Å². The lowest BCUT2D eigenvalue weighted by Crippen LogP contribution is -2.59. The summed E-state index contributed by atoms with van der Waals surface area (Å²) < 4.78 is 5.50. The van der Waals surface area contributed by atoms with Gasteiger partial charge in [-0.3, -0.25) is 9.69 Å². The van der Waals surface area contributed by atoms with Crippen molar-refractivity contribution in [1.82, 2.24) is 10.2 Å². The molecule has 1 rings (SSSR count). The van der Waals surface area contributed by atoms with Gasteiger partial charge in [-0.1, -0.05) is 0 Å². The van der Waals surface area contributed by atoms with Crippen molar-refractivity contribution < 1.29 is 9.53 Å². The van der Waals surface area contributed by atoms with Gasteiger partial charge >= 0.3 is 0 Å². The summed E-state index contributed by atoms with van der Waals surface area (Å²) in [5, 5.41) is 2.92. The number of carbonyl (C=O) groups excluding carboxylic acids is 1. The Morgan fingerprint density at radius 2 is 2.17 bits per heavy atom. The number of hydrogen-bond donors (Lipinski definition) is 2. The number of hydrogen-bond acceptors (Lipinski definition) is 4. The van der Waals surface area contributed by atoms with Crippen molar-refractivity contribution >= 4 is 5.91 Å². The molecule has 1 unspecified atom stereocenters. The third-order valence-electron chi connectivity index (χ3n) is 3.29. The molecule has 0 aliphatic carbocycles. The van der Waals surface area contributed by atoms with Crippen LogP contribution >= 0.6 is 0 Å². The van der Waals surface area contributed by atoms with Gasteiger partial charge in [-0.15, -0.1) is 0 Å². The molecule has 106 valence electrons. The third-order valence-corrected chi connectivity index (χ3v) is 3.29. The van der Waals surface area contributed by atoms with E-state index in [1.54, 1.807) is 0 Å². The Hall–Kier alpha value is -0.650. The number of carbonyl (C=O) groups is 1. The first-order valence-electron chi connectivity index (χ1n) is 6.70. The van der Waals surface area contributed by atoms with Gasteiger partial charge in [0.15, 0.2) is 0 Å². The molecule has 0 radical (unpaired) electrons. The lowest BCUT2D eigenvalue weighted by atomic mass is 9.98. The highest BCUT2D eigenvalue weighted by Gasteiger charge is 2.35. The predicted octanol–water partition coefficient (Wildman–Crippen LogP) is 0.339. The molecule has 0 aromatic heterocycles. The maximum atomic E-state index is 11.9. The number of morpholine rings is 1. The lowest BCUT2D eigenvalue weighted by Gasteiger charge is -2.46. The summed E-state index contributed by atoms with van der Waals surface area (Å²) in [5.74, 6) is 0.0720. The molecule has 18 heavy (non-hydrogen) atoms. The summed E-state index contributed by atoms with van der Waals surface area (Å²) in [4.78, 5) is 14.2. The summed E-state index contributed by atoms with van der Waals surface area (Å²) in [5.41, 5.74) is 5.79. The average Bonchev–Trinajstić information content (AvgIpc) is 2.25. The second-order valence-electron chi connectivity index (χ2n) is 5.87. The van der Waals surface area contributed by atoms with Crippen molar-refractivity contribution in [3.8, 4) is 0 Å². The van der Waals surface area contributed by atoms with E-state index in [1.807, 2.05) is 13.8 Å². The first-order chi connectivity index (χ1) is 8.36. The Kier molecular flexibility index (Phi) is 5.56. The normalized spacial score (nSPS) is 21.9. The zero-order valence-corrected chi connectivity index (χ0v) is 12.0. The number of nitrogens with one attached hydrogen (secondary N) is 1. The van der Waals surface area contributed by atoms with Crippen LogP contribution < -0.4 is 11.1 Å². The van der Waals surface area contributed by atoms with Crippen molar-refractivity contribution in [2.45, 2.75) is 51.7 Å². The monoisotopic (exact) mass is 257 g/mol. The second kappa shape index (κ2) is 6.50. The topological polar surface area (TPSA) is 67.6 Å². The minimum atomic E-state index is -0.0552. The Labute approximate surface area is 110 Å². The molecular weight excluding hydrogens is 230 g/mol. The van der Waals surface area contributed by atoms with E-state index in [0.29, 0.717) is 26.2 Å². The van der Waals surface area contributed by atoms with Gasteiger partial charge in [-0.05, 0) is 27.7 Å². The number of ether oxygens (including phenoxy) is 1. The fourth-order valence-corrected chi connectivity index (χ4v) is 2.46. The molecule has 5 heteroatoms. The molecule has 1 fully saturated rings. The van der Waals surface area contributed by atoms with E-state index in [2.05, 4.69) is 24.1 Å². The van der Waals surface area contributed by atoms with Gasteiger partial charge in [0, 0.05) is 37.1 Å². The SMILES string of the molecule is CC(C)NC(=O)CC(CN)N1CCOCC1(C)C. The molecule has 1 aliphatic rings. The Morgan fingerprint density at radius 1 is 1.50 bits per heavy atom. The minimum Gasteiger partial charge on any atom is -0.378 e. The van der Waals surface area contributed by atoms with Crippen molar-refractivity contribution in [2.75, 3.05) is 26.3 Å². The van der Waals surface area contributed by atoms with E-state index >= 15 is 0 Å². The summed E-state index contributed by atoms with van der Waals surface area (Å²) in [6.45, 7) is 10.9. The predicted molar refractivity (Wildman–Crippen MR) is 72.3 cm³/mol. The zero-order chi connectivity index (χ0) is 13.8. The maximum absolute atomic E-state index is 11.9. The molecule has 1 heterocycles. The highest BCUT2D eigenvalue weighted by Crippen LogP contribution is 2.22. The molecule has 1 atom stereocenters. The number of rotatable bonds is 5. The van der Waals surface area contributed by atoms with E-state index in [9.17, 15) is 4.79 Å². The average molecular weight is 257 g/mol. The van der Waals surface area contributed by atoms with Crippen LogP contribution in [0.4, 0.5) is 0 Å². The number of amides is 1. The first kappa shape index (κ1) is 15.4. The van der Waals surface area contributed by atoms with E-state index in [0.717, 1.165) is 6.54 Å². The Balaban J connectivity index is 2.61. The lowest BCUT2D eigenvalue weighted by molar-refractivity contribution is -0.125. The van der Waals surface area contributed by atoms with Crippen molar-refractivity contribution in [3.05, 3.63) is 0 Å². The largest absolute Gasteiger partial charge is 0.378 e. The molecule has 0 aromatic rings. The summed E-state index contributed by atoms with van der Waals surface area (Å²) in [7, 11) is 0. The highest BCUT2D eigenvalue weighted by molar-refractivity contribution is 5.76. The fourth-order valence-electron chi connectivity index (χ4n) is 2.46. The van der Waals surface area contributed by atoms with Crippen LogP contribution in [0.25, 0.3) is 0 Å². The van der Waals surface area contributed by atoms with Crippen LogP contribution in [0.5, 0.6) is 0 Å². The third kappa shape index (κ3) is 4.23. The number of nitrogens with zero attached hydrogens (tertiary/aromatic N) is 1. The van der Waals surface area contributed by atoms with E-state index in [-0.39, 0.29) is 23.5 Å². The molecule has 0 aromatic carbocycles. The fraction of sp³-hybridized carbons (Fsp3) is 0.923. The maximum Gasteiger partial charge on any atom is 0.221 e. The Bertz CT molecular complexity index is 279. The number of nitrogens with two attached hydrogens (primary N) is 1. The van der Waals surface area contributed by atoms with Gasteiger partial charge in [0.25, 0.3) is 0 Å². The second-order valence-corrected chi connectivity index (χ2v) is 5.87. The molecule has 1 aliphatic heterocycles. The van der Waals surface area contributed by atoms with Gasteiger partial charge in [-0.25, -0.2) is 0 Å². The van der Waals surface area contributed by atoms with Gasteiger partial charge in [-0.2, -0.15) is 0 Å². The van der Waals surface area contributed by atoms with Crippen LogP contribution in [0.1, 0.15) is 34.1 Å². The van der Waals surface area contributed by atoms with Gasteiger partial charge in [0.2, 0.25) is 5.91 Å². The van der Waals surface area contributed by atoms with E-state index in [4.69, 9.17) is 10.5 Å². The molecule has 0 bridgehead atoms. The molecule has 1 saturated heterocycles. The summed E-state index contributed by atoms with van der Waals surface area (Å²) in [6, 6.07) is 0.260. The molecule has 3 N–H and O–H groups in total. The van der Waals surface area contributed by atoms with Gasteiger partial charge < -0.3 is 15.8 Å². The van der Waals surface area contributed by atoms with Crippen molar-refractivity contribution in [3.63, 3.8) is 0 Å². The van der Waals surface area contributed by atoms with Crippen LogP contribution in [0.3, 0.4) is 0 Å². The standard InChI is InChI=1S/C13H27N3O2/c1-10(2)15-12(17)7-11(8-14)16-5-6-18-9-13(16,3)4/h10-11H,5-9,14H2,1-4H3,(H,15,17). The minimum absolute atomic E-state index is 0.0552. The Morgan fingerprint density at radius 3 is 2.67 bits per heavy atom. The quantitative estimate of drug-likeness (QED) is 0.745. The van der Waals surface area contributed by atoms with E-state index in [1.165, 1.54) is 0 Å². The molecule has 0 spiro atoms. The van der Waals surface area contributed by atoms with Crippen LogP contribution in [-0.2, 0) is 9.53 Å². The smallest absolute Gasteiger partial charge is 0.221 e. The first-order valence-corrected chi connectivity index (χ1v) is 6.70. The van der Waals surface area contributed by atoms with Gasteiger partial charge in [0.05, 0.1) is 13.2 Å². The summed E-state index contributed by atoms with van der Waals surface area (Å²) >= 11 is 0. The summed E-state index contributed by atoms with van der Waals surface area (Å²) in [6.07, 6.45) is 0.456.